The molecule has 1 aromatic heterocycles. The first kappa shape index (κ1) is 10.6. The summed E-state index contributed by atoms with van der Waals surface area (Å²) in [5.41, 5.74) is 7.29. The topological polar surface area (TPSA) is 48.1 Å². The van der Waals surface area contributed by atoms with E-state index in [1.54, 1.807) is 6.20 Å². The Hall–Kier alpha value is -0.930. The highest BCUT2D eigenvalue weighted by atomic mass is 16.5. The standard InChI is InChI=1S/C12H18N2O/c13-12(11-2-1-5-14-9-11)8-10-3-6-15-7-4-10/h1-2,5,9-10,12H,3-4,6-8,13H2. The van der Waals surface area contributed by atoms with Crippen LogP contribution >= 0.6 is 0 Å². The average Bonchev–Trinajstić information content (AvgIpc) is 2.31. The maximum atomic E-state index is 6.15. The van der Waals surface area contributed by atoms with Gasteiger partial charge in [0.05, 0.1) is 0 Å². The molecular formula is C12H18N2O. The summed E-state index contributed by atoms with van der Waals surface area (Å²) in [6.07, 6.45) is 6.99. The van der Waals surface area contributed by atoms with Crippen LogP contribution in [0.25, 0.3) is 0 Å². The number of pyridine rings is 1. The molecule has 1 aliphatic rings. The number of aromatic nitrogens is 1. The second-order valence-corrected chi connectivity index (χ2v) is 4.18. The summed E-state index contributed by atoms with van der Waals surface area (Å²) in [6, 6.07) is 4.12. The van der Waals surface area contributed by atoms with Crippen molar-refractivity contribution in [1.29, 1.82) is 0 Å². The van der Waals surface area contributed by atoms with Gasteiger partial charge in [0.25, 0.3) is 0 Å². The van der Waals surface area contributed by atoms with Gasteiger partial charge in [-0.2, -0.15) is 0 Å². The van der Waals surface area contributed by atoms with E-state index in [-0.39, 0.29) is 6.04 Å². The number of hydrogen-bond donors (Lipinski definition) is 1. The molecule has 2 N–H and O–H groups in total. The average molecular weight is 206 g/mol. The van der Waals surface area contributed by atoms with Gasteiger partial charge in [-0.1, -0.05) is 6.07 Å². The first-order valence-corrected chi connectivity index (χ1v) is 5.59. The minimum absolute atomic E-state index is 0.127. The summed E-state index contributed by atoms with van der Waals surface area (Å²) in [5.74, 6) is 0.717. The summed E-state index contributed by atoms with van der Waals surface area (Å²) in [4.78, 5) is 4.09. The largest absolute Gasteiger partial charge is 0.381 e. The SMILES string of the molecule is NC(CC1CCOCC1)c1cccnc1. The first-order valence-electron chi connectivity index (χ1n) is 5.59. The quantitative estimate of drug-likeness (QED) is 0.821. The van der Waals surface area contributed by atoms with Gasteiger partial charge < -0.3 is 10.5 Å². The second-order valence-electron chi connectivity index (χ2n) is 4.18. The third-order valence-electron chi connectivity index (χ3n) is 3.04. The smallest absolute Gasteiger partial charge is 0.0468 e. The Morgan fingerprint density at radius 2 is 2.27 bits per heavy atom. The van der Waals surface area contributed by atoms with Crippen LogP contribution in [0.5, 0.6) is 0 Å². The van der Waals surface area contributed by atoms with E-state index in [0.717, 1.165) is 38.0 Å². The molecule has 0 radical (unpaired) electrons. The van der Waals surface area contributed by atoms with Gasteiger partial charge in [0.1, 0.15) is 0 Å². The molecule has 82 valence electrons. The summed E-state index contributed by atoms with van der Waals surface area (Å²) in [7, 11) is 0. The molecule has 0 saturated carbocycles. The predicted molar refractivity (Wildman–Crippen MR) is 59.3 cm³/mol. The fraction of sp³-hybridized carbons (Fsp3) is 0.583. The molecule has 1 saturated heterocycles. The van der Waals surface area contributed by atoms with Crippen molar-refractivity contribution in [1.82, 2.24) is 4.98 Å². The Morgan fingerprint density at radius 1 is 1.47 bits per heavy atom. The molecule has 1 atom stereocenters. The van der Waals surface area contributed by atoms with Gasteiger partial charge >= 0.3 is 0 Å². The molecule has 2 heterocycles. The van der Waals surface area contributed by atoms with E-state index in [0.29, 0.717) is 5.92 Å². The van der Waals surface area contributed by atoms with Crippen molar-refractivity contribution >= 4 is 0 Å². The van der Waals surface area contributed by atoms with Gasteiger partial charge in [-0.25, -0.2) is 0 Å². The number of nitrogens with two attached hydrogens (primary N) is 1. The lowest BCUT2D eigenvalue weighted by molar-refractivity contribution is 0.0618. The van der Waals surface area contributed by atoms with Gasteiger partial charge in [-0.15, -0.1) is 0 Å². The van der Waals surface area contributed by atoms with Crippen LogP contribution in [-0.4, -0.2) is 18.2 Å². The molecule has 0 aliphatic carbocycles. The molecule has 1 aliphatic heterocycles. The van der Waals surface area contributed by atoms with Crippen molar-refractivity contribution in [3.05, 3.63) is 30.1 Å². The van der Waals surface area contributed by atoms with Crippen molar-refractivity contribution in [2.75, 3.05) is 13.2 Å². The van der Waals surface area contributed by atoms with Crippen LogP contribution in [0, 0.1) is 5.92 Å². The van der Waals surface area contributed by atoms with E-state index < -0.39 is 0 Å². The second kappa shape index (κ2) is 5.24. The zero-order chi connectivity index (χ0) is 10.5. The monoisotopic (exact) mass is 206 g/mol. The zero-order valence-electron chi connectivity index (χ0n) is 8.93. The van der Waals surface area contributed by atoms with E-state index in [1.807, 2.05) is 12.3 Å². The number of ether oxygens (including phenoxy) is 1. The van der Waals surface area contributed by atoms with Crippen LogP contribution < -0.4 is 5.73 Å². The van der Waals surface area contributed by atoms with Gasteiger partial charge in [-0.3, -0.25) is 4.98 Å². The number of hydrogen-bond acceptors (Lipinski definition) is 3. The van der Waals surface area contributed by atoms with Gasteiger partial charge in [0.15, 0.2) is 0 Å². The highest BCUT2D eigenvalue weighted by molar-refractivity contribution is 5.13. The van der Waals surface area contributed by atoms with Crippen molar-refractivity contribution in [2.24, 2.45) is 11.7 Å². The lowest BCUT2D eigenvalue weighted by atomic mass is 9.90. The van der Waals surface area contributed by atoms with Crippen LogP contribution in [0.4, 0.5) is 0 Å². The summed E-state index contributed by atoms with van der Waals surface area (Å²) in [6.45, 7) is 1.79. The van der Waals surface area contributed by atoms with E-state index in [4.69, 9.17) is 10.5 Å². The molecule has 15 heavy (non-hydrogen) atoms. The van der Waals surface area contributed by atoms with E-state index in [2.05, 4.69) is 11.1 Å². The van der Waals surface area contributed by atoms with Crippen LogP contribution in [0.15, 0.2) is 24.5 Å². The number of rotatable bonds is 3. The Labute approximate surface area is 90.7 Å². The van der Waals surface area contributed by atoms with Crippen LogP contribution in [-0.2, 0) is 4.74 Å². The highest BCUT2D eigenvalue weighted by Gasteiger charge is 2.17. The van der Waals surface area contributed by atoms with E-state index in [9.17, 15) is 0 Å². The van der Waals surface area contributed by atoms with Crippen molar-refractivity contribution < 1.29 is 4.74 Å². The third-order valence-corrected chi connectivity index (χ3v) is 3.04. The molecule has 0 bridgehead atoms. The minimum atomic E-state index is 0.127. The molecule has 0 amide bonds. The Balaban J connectivity index is 1.88. The molecular weight excluding hydrogens is 188 g/mol. The Bertz CT molecular complexity index is 283. The predicted octanol–water partition coefficient (Wildman–Crippen LogP) is 1.90. The Morgan fingerprint density at radius 3 is 2.93 bits per heavy atom. The molecule has 3 nitrogen and oxygen atoms in total. The lowest BCUT2D eigenvalue weighted by Gasteiger charge is -2.24. The van der Waals surface area contributed by atoms with Crippen LogP contribution in [0.2, 0.25) is 0 Å². The molecule has 1 unspecified atom stereocenters. The van der Waals surface area contributed by atoms with Gasteiger partial charge in [-0.05, 0) is 36.8 Å². The minimum Gasteiger partial charge on any atom is -0.381 e. The highest BCUT2D eigenvalue weighted by Crippen LogP contribution is 2.25. The lowest BCUT2D eigenvalue weighted by Crippen LogP contribution is -2.21. The molecule has 2 rings (SSSR count). The van der Waals surface area contributed by atoms with Gasteiger partial charge in [0.2, 0.25) is 0 Å². The Kier molecular flexibility index (Phi) is 3.69. The van der Waals surface area contributed by atoms with Crippen LogP contribution in [0.1, 0.15) is 30.9 Å². The molecule has 3 heteroatoms. The zero-order valence-corrected chi connectivity index (χ0v) is 8.93. The van der Waals surface area contributed by atoms with Gasteiger partial charge in [0, 0.05) is 31.6 Å². The summed E-state index contributed by atoms with van der Waals surface area (Å²) >= 11 is 0. The third kappa shape index (κ3) is 3.01. The normalized spacial score (nSPS) is 20.1. The van der Waals surface area contributed by atoms with Crippen molar-refractivity contribution in [3.8, 4) is 0 Å². The molecule has 1 fully saturated rings. The maximum absolute atomic E-state index is 6.15. The summed E-state index contributed by atoms with van der Waals surface area (Å²) in [5, 5.41) is 0. The maximum Gasteiger partial charge on any atom is 0.0468 e. The first-order chi connectivity index (χ1) is 7.36. The molecule has 0 aromatic carbocycles. The summed E-state index contributed by atoms with van der Waals surface area (Å²) < 4.78 is 5.33. The van der Waals surface area contributed by atoms with E-state index in [1.165, 1.54) is 0 Å². The fourth-order valence-electron chi connectivity index (χ4n) is 2.07. The molecule has 1 aromatic rings. The van der Waals surface area contributed by atoms with Crippen molar-refractivity contribution in [3.63, 3.8) is 0 Å². The fourth-order valence-corrected chi connectivity index (χ4v) is 2.07. The number of nitrogens with zero attached hydrogens (tertiary/aromatic N) is 1. The van der Waals surface area contributed by atoms with Crippen molar-refractivity contribution in [2.45, 2.75) is 25.3 Å². The van der Waals surface area contributed by atoms with E-state index >= 15 is 0 Å². The molecule has 0 spiro atoms. The van der Waals surface area contributed by atoms with Crippen LogP contribution in [0.3, 0.4) is 0 Å².